The first-order chi connectivity index (χ1) is 18.6. The molecule has 0 saturated heterocycles. The van der Waals surface area contributed by atoms with Gasteiger partial charge in [0.05, 0.1) is 11.9 Å². The molecule has 38 heavy (non-hydrogen) atoms. The highest BCUT2D eigenvalue weighted by Gasteiger charge is 2.28. The molecule has 0 aliphatic heterocycles. The number of hydrogen-bond donors (Lipinski definition) is 1. The van der Waals surface area contributed by atoms with E-state index in [4.69, 9.17) is 4.98 Å². The fourth-order valence-corrected chi connectivity index (χ4v) is 4.97. The Morgan fingerprint density at radius 2 is 1.79 bits per heavy atom. The highest BCUT2D eigenvalue weighted by atomic mass is 16.1. The number of aromatic amines is 1. The number of para-hydroxylation sites is 1. The molecule has 0 aliphatic rings. The SMILES string of the molecule is Cc1nccn1-c1ccc(-c2cnc([C@H](Cc3ccccn3)N(C=O)c3cc4ccccc4[nH]3)n2C)cc1. The first-order valence-electron chi connectivity index (χ1n) is 12.5. The van der Waals surface area contributed by atoms with Gasteiger partial charge < -0.3 is 14.1 Å². The number of aromatic nitrogens is 6. The second-order valence-electron chi connectivity index (χ2n) is 9.25. The van der Waals surface area contributed by atoms with Crippen LogP contribution in [-0.4, -0.2) is 35.5 Å². The quantitative estimate of drug-likeness (QED) is 0.283. The molecule has 0 saturated carbocycles. The van der Waals surface area contributed by atoms with E-state index in [0.29, 0.717) is 12.2 Å². The topological polar surface area (TPSA) is 84.6 Å². The van der Waals surface area contributed by atoms with Gasteiger partial charge in [0.2, 0.25) is 6.41 Å². The Hall–Kier alpha value is -4.98. The van der Waals surface area contributed by atoms with E-state index in [1.807, 2.05) is 79.5 Å². The van der Waals surface area contributed by atoms with Gasteiger partial charge in [0.15, 0.2) is 0 Å². The number of anilines is 1. The van der Waals surface area contributed by atoms with Crippen molar-refractivity contribution in [1.82, 2.24) is 29.1 Å². The third kappa shape index (κ3) is 4.26. The summed E-state index contributed by atoms with van der Waals surface area (Å²) in [5.74, 6) is 2.42. The molecular weight excluding hydrogens is 474 g/mol. The van der Waals surface area contributed by atoms with E-state index in [-0.39, 0.29) is 6.04 Å². The second kappa shape index (κ2) is 9.82. The Balaban J connectivity index is 1.39. The summed E-state index contributed by atoms with van der Waals surface area (Å²) in [7, 11) is 1.99. The number of carbonyl (C=O) groups is 1. The van der Waals surface area contributed by atoms with Gasteiger partial charge in [-0.2, -0.15) is 0 Å². The Kier molecular flexibility index (Phi) is 6.05. The smallest absolute Gasteiger partial charge is 0.215 e. The molecule has 0 spiro atoms. The predicted molar refractivity (Wildman–Crippen MR) is 148 cm³/mol. The molecule has 0 radical (unpaired) electrons. The molecule has 0 fully saturated rings. The molecule has 0 bridgehead atoms. The minimum atomic E-state index is -0.373. The first kappa shape index (κ1) is 23.4. The Labute approximate surface area is 220 Å². The maximum Gasteiger partial charge on any atom is 0.215 e. The Bertz CT molecular complexity index is 1660. The van der Waals surface area contributed by atoms with E-state index < -0.39 is 0 Å². The zero-order chi connectivity index (χ0) is 26.1. The van der Waals surface area contributed by atoms with E-state index in [1.165, 1.54) is 0 Å². The van der Waals surface area contributed by atoms with Crippen LogP contribution in [0.15, 0.2) is 97.6 Å². The average molecular weight is 502 g/mol. The highest BCUT2D eigenvalue weighted by Crippen LogP contribution is 2.32. The third-order valence-electron chi connectivity index (χ3n) is 6.96. The molecule has 6 rings (SSSR count). The van der Waals surface area contributed by atoms with Crippen molar-refractivity contribution in [2.24, 2.45) is 7.05 Å². The molecule has 6 aromatic rings. The van der Waals surface area contributed by atoms with E-state index in [0.717, 1.165) is 51.6 Å². The van der Waals surface area contributed by atoms with Gasteiger partial charge in [-0.1, -0.05) is 36.4 Å². The van der Waals surface area contributed by atoms with Gasteiger partial charge in [-0.25, -0.2) is 9.97 Å². The number of imidazole rings is 2. The fourth-order valence-electron chi connectivity index (χ4n) is 4.97. The maximum absolute atomic E-state index is 12.6. The van der Waals surface area contributed by atoms with Crippen molar-refractivity contribution in [2.75, 3.05) is 4.90 Å². The van der Waals surface area contributed by atoms with E-state index >= 15 is 0 Å². The van der Waals surface area contributed by atoms with E-state index in [1.54, 1.807) is 17.3 Å². The number of aryl methyl sites for hydroxylation is 1. The van der Waals surface area contributed by atoms with Crippen molar-refractivity contribution in [2.45, 2.75) is 19.4 Å². The number of carbonyl (C=O) groups excluding carboxylic acids is 1. The number of nitrogens with one attached hydrogen (secondary N) is 1. The summed E-state index contributed by atoms with van der Waals surface area (Å²) in [6.45, 7) is 1.98. The van der Waals surface area contributed by atoms with Gasteiger partial charge >= 0.3 is 0 Å². The first-order valence-corrected chi connectivity index (χ1v) is 12.5. The molecule has 4 aromatic heterocycles. The number of amides is 1. The number of nitrogens with zero attached hydrogens (tertiary/aromatic N) is 6. The highest BCUT2D eigenvalue weighted by molar-refractivity contribution is 5.88. The summed E-state index contributed by atoms with van der Waals surface area (Å²) >= 11 is 0. The monoisotopic (exact) mass is 501 g/mol. The molecular formula is C30H27N7O. The number of fused-ring (bicyclic) bond motifs is 1. The number of hydrogen-bond acceptors (Lipinski definition) is 4. The summed E-state index contributed by atoms with van der Waals surface area (Å²) in [6.07, 6.45) is 8.77. The van der Waals surface area contributed by atoms with Crippen LogP contribution >= 0.6 is 0 Å². The number of H-pyrrole nitrogens is 1. The lowest BCUT2D eigenvalue weighted by molar-refractivity contribution is -0.108. The van der Waals surface area contributed by atoms with Gasteiger partial charge in [0, 0.05) is 54.3 Å². The van der Waals surface area contributed by atoms with E-state index in [9.17, 15) is 4.79 Å². The number of pyridine rings is 1. The molecule has 0 unspecified atom stereocenters. The van der Waals surface area contributed by atoms with Crippen molar-refractivity contribution >= 4 is 23.1 Å². The minimum Gasteiger partial charge on any atom is -0.341 e. The average Bonchev–Trinajstić information content (AvgIpc) is 3.67. The van der Waals surface area contributed by atoms with Gasteiger partial charge in [0.1, 0.15) is 23.5 Å². The summed E-state index contributed by atoms with van der Waals surface area (Å²) in [5.41, 5.74) is 4.89. The molecule has 1 N–H and O–H groups in total. The van der Waals surface area contributed by atoms with Gasteiger partial charge in [-0.05, 0) is 48.9 Å². The van der Waals surface area contributed by atoms with Gasteiger partial charge in [0.25, 0.3) is 0 Å². The molecule has 1 amide bonds. The van der Waals surface area contributed by atoms with Crippen LogP contribution in [0, 0.1) is 6.92 Å². The van der Waals surface area contributed by atoms with Crippen LogP contribution in [0.4, 0.5) is 5.82 Å². The van der Waals surface area contributed by atoms with Crippen LogP contribution in [-0.2, 0) is 18.3 Å². The predicted octanol–water partition coefficient (Wildman–Crippen LogP) is 5.40. The fraction of sp³-hybridized carbons (Fsp3) is 0.133. The molecule has 0 aliphatic carbocycles. The lowest BCUT2D eigenvalue weighted by atomic mass is 10.1. The molecule has 8 nitrogen and oxygen atoms in total. The molecule has 8 heteroatoms. The van der Waals surface area contributed by atoms with E-state index in [2.05, 4.69) is 43.8 Å². The van der Waals surface area contributed by atoms with Crippen molar-refractivity contribution < 1.29 is 4.79 Å². The maximum atomic E-state index is 12.6. The Morgan fingerprint density at radius 3 is 2.50 bits per heavy atom. The van der Waals surface area contributed by atoms with Crippen LogP contribution < -0.4 is 4.90 Å². The summed E-state index contributed by atoms with van der Waals surface area (Å²) < 4.78 is 4.11. The molecule has 2 aromatic carbocycles. The van der Waals surface area contributed by atoms with Crippen LogP contribution in [0.3, 0.4) is 0 Å². The minimum absolute atomic E-state index is 0.373. The third-order valence-corrected chi connectivity index (χ3v) is 6.96. The van der Waals surface area contributed by atoms with Crippen molar-refractivity contribution in [3.05, 3.63) is 115 Å². The Morgan fingerprint density at radius 1 is 0.974 bits per heavy atom. The normalized spacial score (nSPS) is 12.1. The van der Waals surface area contributed by atoms with Gasteiger partial charge in [-0.3, -0.25) is 14.7 Å². The second-order valence-corrected chi connectivity index (χ2v) is 9.25. The summed E-state index contributed by atoms with van der Waals surface area (Å²) in [6, 6.07) is 23.8. The zero-order valence-corrected chi connectivity index (χ0v) is 21.2. The molecule has 188 valence electrons. The lowest BCUT2D eigenvalue weighted by Crippen LogP contribution is -2.31. The van der Waals surface area contributed by atoms with Crippen molar-refractivity contribution in [3.8, 4) is 16.9 Å². The molecule has 1 atom stereocenters. The zero-order valence-electron chi connectivity index (χ0n) is 21.2. The molecule has 4 heterocycles. The lowest BCUT2D eigenvalue weighted by Gasteiger charge is -2.27. The van der Waals surface area contributed by atoms with Crippen LogP contribution in [0.25, 0.3) is 27.8 Å². The van der Waals surface area contributed by atoms with Crippen LogP contribution in [0.2, 0.25) is 0 Å². The summed E-state index contributed by atoms with van der Waals surface area (Å²) in [5, 5.41) is 1.04. The van der Waals surface area contributed by atoms with Gasteiger partial charge in [-0.15, -0.1) is 0 Å². The van der Waals surface area contributed by atoms with Crippen molar-refractivity contribution in [1.29, 1.82) is 0 Å². The largest absolute Gasteiger partial charge is 0.341 e. The number of benzene rings is 2. The van der Waals surface area contributed by atoms with Crippen LogP contribution in [0.5, 0.6) is 0 Å². The van der Waals surface area contributed by atoms with Crippen molar-refractivity contribution in [3.63, 3.8) is 0 Å². The number of rotatable bonds is 8. The standard InChI is InChI=1S/C30H27N7O/c1-21-31-15-16-36(21)25-12-10-22(11-13-25)28-19-33-30(35(28)2)27(18-24-8-5-6-14-32-24)37(20-38)29-17-23-7-3-4-9-26(23)34-29/h3-17,19-20,27,34H,18H2,1-2H3/t27-/m0/s1. The summed E-state index contributed by atoms with van der Waals surface area (Å²) in [4.78, 5) is 31.4. The van der Waals surface area contributed by atoms with Crippen LogP contribution in [0.1, 0.15) is 23.4 Å².